The molecule has 1 heterocycles. The summed E-state index contributed by atoms with van der Waals surface area (Å²) in [5.41, 5.74) is 2.35. The van der Waals surface area contributed by atoms with Crippen molar-refractivity contribution in [2.24, 2.45) is 5.92 Å². The van der Waals surface area contributed by atoms with Crippen LogP contribution in [0.2, 0.25) is 0 Å². The number of rotatable bonds is 5. The molecule has 4 nitrogen and oxygen atoms in total. The Balaban J connectivity index is 1.95. The summed E-state index contributed by atoms with van der Waals surface area (Å²) in [5.74, 6) is -0.0237. The van der Waals surface area contributed by atoms with Crippen molar-refractivity contribution in [1.82, 2.24) is 10.6 Å². The Bertz CT molecular complexity index is 444. The van der Waals surface area contributed by atoms with Crippen molar-refractivity contribution in [3.05, 3.63) is 35.4 Å². The largest absolute Gasteiger partial charge is 0.379 e. The SMILES string of the molecule is CCNC1COCC1C(=O)NC(C)c1ccc(C)cc1. The Hall–Kier alpha value is -1.39. The molecule has 110 valence electrons. The number of likely N-dealkylation sites (N-methyl/N-ethyl adjacent to an activating group) is 1. The maximum absolute atomic E-state index is 12.4. The Morgan fingerprint density at radius 1 is 1.35 bits per heavy atom. The average Bonchev–Trinajstić information content (AvgIpc) is 2.88. The molecule has 2 rings (SSSR count). The van der Waals surface area contributed by atoms with Gasteiger partial charge in [0.25, 0.3) is 0 Å². The number of carbonyl (C=O) groups is 1. The van der Waals surface area contributed by atoms with E-state index in [0.29, 0.717) is 13.2 Å². The molecule has 1 saturated heterocycles. The second-order valence-corrected chi connectivity index (χ2v) is 5.45. The minimum Gasteiger partial charge on any atom is -0.379 e. The van der Waals surface area contributed by atoms with Gasteiger partial charge in [-0.25, -0.2) is 0 Å². The fraction of sp³-hybridized carbons (Fsp3) is 0.562. The van der Waals surface area contributed by atoms with Crippen molar-refractivity contribution in [2.75, 3.05) is 19.8 Å². The molecule has 1 aliphatic heterocycles. The molecule has 1 aromatic carbocycles. The van der Waals surface area contributed by atoms with Crippen molar-refractivity contribution >= 4 is 5.91 Å². The molecule has 1 fully saturated rings. The van der Waals surface area contributed by atoms with Crippen LogP contribution in [0.15, 0.2) is 24.3 Å². The quantitative estimate of drug-likeness (QED) is 0.862. The summed E-state index contributed by atoms with van der Waals surface area (Å²) in [4.78, 5) is 12.4. The highest BCUT2D eigenvalue weighted by molar-refractivity contribution is 5.80. The van der Waals surface area contributed by atoms with Gasteiger partial charge >= 0.3 is 0 Å². The number of ether oxygens (including phenoxy) is 1. The van der Waals surface area contributed by atoms with Gasteiger partial charge in [-0.2, -0.15) is 0 Å². The first-order chi connectivity index (χ1) is 9.61. The smallest absolute Gasteiger partial charge is 0.227 e. The van der Waals surface area contributed by atoms with Crippen molar-refractivity contribution in [1.29, 1.82) is 0 Å². The summed E-state index contributed by atoms with van der Waals surface area (Å²) >= 11 is 0. The van der Waals surface area contributed by atoms with Crippen molar-refractivity contribution < 1.29 is 9.53 Å². The summed E-state index contributed by atoms with van der Waals surface area (Å²) in [6.45, 7) is 8.09. The number of carbonyl (C=O) groups excluding carboxylic acids is 1. The van der Waals surface area contributed by atoms with Crippen molar-refractivity contribution in [3.63, 3.8) is 0 Å². The molecule has 3 atom stereocenters. The molecule has 4 heteroatoms. The Morgan fingerprint density at radius 3 is 2.70 bits per heavy atom. The minimum absolute atomic E-state index is 0.0194. The zero-order valence-corrected chi connectivity index (χ0v) is 12.5. The third kappa shape index (κ3) is 3.58. The lowest BCUT2D eigenvalue weighted by Gasteiger charge is -2.21. The van der Waals surface area contributed by atoms with E-state index in [2.05, 4.69) is 41.8 Å². The third-order valence-electron chi connectivity index (χ3n) is 3.82. The lowest BCUT2D eigenvalue weighted by Crippen LogP contribution is -2.44. The molecular formula is C16H24N2O2. The highest BCUT2D eigenvalue weighted by Crippen LogP contribution is 2.18. The van der Waals surface area contributed by atoms with Crippen LogP contribution >= 0.6 is 0 Å². The van der Waals surface area contributed by atoms with E-state index in [1.165, 1.54) is 5.56 Å². The molecule has 1 amide bonds. The maximum atomic E-state index is 12.4. The van der Waals surface area contributed by atoms with Gasteiger partial charge in [-0.15, -0.1) is 0 Å². The molecule has 20 heavy (non-hydrogen) atoms. The monoisotopic (exact) mass is 276 g/mol. The van der Waals surface area contributed by atoms with E-state index in [9.17, 15) is 4.79 Å². The van der Waals surface area contributed by atoms with Crippen LogP contribution in [-0.4, -0.2) is 31.7 Å². The molecule has 0 spiro atoms. The molecule has 0 radical (unpaired) electrons. The fourth-order valence-corrected chi connectivity index (χ4v) is 2.53. The predicted octanol–water partition coefficient (Wildman–Crippen LogP) is 1.80. The Labute approximate surface area is 120 Å². The molecule has 3 unspecified atom stereocenters. The third-order valence-corrected chi connectivity index (χ3v) is 3.82. The topological polar surface area (TPSA) is 50.4 Å². The maximum Gasteiger partial charge on any atom is 0.227 e. The first-order valence-corrected chi connectivity index (χ1v) is 7.30. The Morgan fingerprint density at radius 2 is 2.05 bits per heavy atom. The standard InChI is InChI=1S/C16H24N2O2/c1-4-17-15-10-20-9-14(15)16(19)18-12(3)13-7-5-11(2)6-8-13/h5-8,12,14-15,17H,4,9-10H2,1-3H3,(H,18,19). The zero-order chi connectivity index (χ0) is 14.5. The molecule has 0 bridgehead atoms. The van der Waals surface area contributed by atoms with Crippen LogP contribution in [0.3, 0.4) is 0 Å². The summed E-state index contributed by atoms with van der Waals surface area (Å²) in [6.07, 6.45) is 0. The molecular weight excluding hydrogens is 252 g/mol. The molecule has 2 N–H and O–H groups in total. The van der Waals surface area contributed by atoms with Gasteiger partial charge in [-0.3, -0.25) is 4.79 Å². The zero-order valence-electron chi connectivity index (χ0n) is 12.5. The molecule has 0 aliphatic carbocycles. The van der Waals surface area contributed by atoms with Gasteiger partial charge < -0.3 is 15.4 Å². The highest BCUT2D eigenvalue weighted by Gasteiger charge is 2.33. The number of nitrogens with one attached hydrogen (secondary N) is 2. The van der Waals surface area contributed by atoms with E-state index < -0.39 is 0 Å². The van der Waals surface area contributed by atoms with Gasteiger partial charge in [0.15, 0.2) is 0 Å². The predicted molar refractivity (Wildman–Crippen MR) is 79.5 cm³/mol. The lowest BCUT2D eigenvalue weighted by molar-refractivity contribution is -0.126. The first kappa shape index (κ1) is 15.0. The van der Waals surface area contributed by atoms with Gasteiger partial charge in [0.05, 0.1) is 25.2 Å². The van der Waals surface area contributed by atoms with Crippen LogP contribution in [0.1, 0.15) is 31.0 Å². The van der Waals surface area contributed by atoms with E-state index >= 15 is 0 Å². The van der Waals surface area contributed by atoms with Gasteiger partial charge in [0.1, 0.15) is 0 Å². The second kappa shape index (κ2) is 6.86. The number of hydrogen-bond donors (Lipinski definition) is 2. The van der Waals surface area contributed by atoms with E-state index in [4.69, 9.17) is 4.74 Å². The molecule has 1 aromatic rings. The van der Waals surface area contributed by atoms with E-state index in [1.54, 1.807) is 0 Å². The van der Waals surface area contributed by atoms with Crippen molar-refractivity contribution in [2.45, 2.75) is 32.9 Å². The number of aryl methyl sites for hydroxylation is 1. The summed E-state index contributed by atoms with van der Waals surface area (Å²) in [6, 6.07) is 8.41. The summed E-state index contributed by atoms with van der Waals surface area (Å²) < 4.78 is 5.42. The van der Waals surface area contributed by atoms with Gasteiger partial charge in [-0.1, -0.05) is 36.8 Å². The van der Waals surface area contributed by atoms with E-state index in [0.717, 1.165) is 12.1 Å². The number of amides is 1. The van der Waals surface area contributed by atoms with E-state index in [-0.39, 0.29) is 23.9 Å². The van der Waals surface area contributed by atoms with Gasteiger partial charge in [0.2, 0.25) is 5.91 Å². The van der Waals surface area contributed by atoms with Gasteiger partial charge in [0, 0.05) is 6.04 Å². The lowest BCUT2D eigenvalue weighted by atomic mass is 10.0. The van der Waals surface area contributed by atoms with Gasteiger partial charge in [-0.05, 0) is 26.0 Å². The average molecular weight is 276 g/mol. The number of hydrogen-bond acceptors (Lipinski definition) is 3. The van der Waals surface area contributed by atoms with Crippen LogP contribution in [0.4, 0.5) is 0 Å². The normalized spacial score (nSPS) is 23.6. The van der Waals surface area contributed by atoms with Crippen LogP contribution in [0, 0.1) is 12.8 Å². The first-order valence-electron chi connectivity index (χ1n) is 7.30. The second-order valence-electron chi connectivity index (χ2n) is 5.45. The van der Waals surface area contributed by atoms with E-state index in [1.807, 2.05) is 13.8 Å². The number of benzene rings is 1. The minimum atomic E-state index is -0.0946. The molecule has 0 aromatic heterocycles. The molecule has 1 aliphatic rings. The fourth-order valence-electron chi connectivity index (χ4n) is 2.53. The summed E-state index contributed by atoms with van der Waals surface area (Å²) in [5, 5.41) is 6.40. The van der Waals surface area contributed by atoms with Crippen LogP contribution < -0.4 is 10.6 Å². The van der Waals surface area contributed by atoms with Crippen molar-refractivity contribution in [3.8, 4) is 0 Å². The molecule has 0 saturated carbocycles. The van der Waals surface area contributed by atoms with Crippen LogP contribution in [0.5, 0.6) is 0 Å². The van der Waals surface area contributed by atoms with Crippen LogP contribution in [0.25, 0.3) is 0 Å². The summed E-state index contributed by atoms with van der Waals surface area (Å²) in [7, 11) is 0. The highest BCUT2D eigenvalue weighted by atomic mass is 16.5. The Kier molecular flexibility index (Phi) is 5.15. The van der Waals surface area contributed by atoms with Crippen LogP contribution in [-0.2, 0) is 9.53 Å².